The molecule has 2 heterocycles. The molecular formula is C29H36N4O2. The first-order chi connectivity index (χ1) is 16.5. The lowest BCUT2D eigenvalue weighted by atomic mass is 9.40. The van der Waals surface area contributed by atoms with E-state index in [9.17, 15) is 9.59 Å². The van der Waals surface area contributed by atoms with Gasteiger partial charge in [-0.15, -0.1) is 0 Å². The third-order valence-corrected chi connectivity index (χ3v) is 9.07. The number of hydrogen-bond donors (Lipinski definition) is 1. The molecule has 35 heavy (non-hydrogen) atoms. The molecule has 0 radical (unpaired) electrons. The Balaban J connectivity index is 1.24. The summed E-state index contributed by atoms with van der Waals surface area (Å²) in [6.45, 7) is 7.32. The predicted molar refractivity (Wildman–Crippen MR) is 138 cm³/mol. The van der Waals surface area contributed by atoms with Crippen molar-refractivity contribution in [3.8, 4) is 0 Å². The van der Waals surface area contributed by atoms with Crippen molar-refractivity contribution in [2.24, 2.45) is 29.2 Å². The van der Waals surface area contributed by atoms with E-state index in [1.807, 2.05) is 55.2 Å². The molecular weight excluding hydrogens is 436 g/mol. The van der Waals surface area contributed by atoms with Crippen LogP contribution in [0.2, 0.25) is 0 Å². The lowest BCUT2D eigenvalue weighted by Gasteiger charge is -2.65. The van der Waals surface area contributed by atoms with Gasteiger partial charge in [0.25, 0.3) is 5.56 Å². The van der Waals surface area contributed by atoms with Crippen LogP contribution in [-0.2, 0) is 18.4 Å². The minimum absolute atomic E-state index is 0.0659. The molecule has 6 heteroatoms. The molecule has 4 fully saturated rings. The van der Waals surface area contributed by atoms with E-state index in [1.54, 1.807) is 4.57 Å². The molecule has 0 spiro atoms. The Kier molecular flexibility index (Phi) is 4.87. The Morgan fingerprint density at radius 2 is 1.83 bits per heavy atom. The fourth-order valence-electron chi connectivity index (χ4n) is 8.85. The highest BCUT2D eigenvalue weighted by atomic mass is 16.1. The van der Waals surface area contributed by atoms with Gasteiger partial charge in [0.2, 0.25) is 5.91 Å². The van der Waals surface area contributed by atoms with E-state index in [4.69, 9.17) is 0 Å². The Hall–Kier alpha value is -2.89. The molecule has 0 aliphatic heterocycles. The molecule has 2 aromatic heterocycles. The Labute approximate surface area is 206 Å². The van der Waals surface area contributed by atoms with Crippen LogP contribution >= 0.6 is 0 Å². The molecule has 7 rings (SSSR count). The number of fused-ring (bicyclic) bond motifs is 1. The van der Waals surface area contributed by atoms with Crippen molar-refractivity contribution in [3.05, 3.63) is 58.3 Å². The van der Waals surface area contributed by atoms with Gasteiger partial charge in [0, 0.05) is 41.8 Å². The largest absolute Gasteiger partial charge is 0.325 e. The summed E-state index contributed by atoms with van der Waals surface area (Å²) in [5, 5.41) is 9.08. The number of pyridine rings is 1. The number of carbonyl (C=O) groups is 1. The highest BCUT2D eigenvalue weighted by Crippen LogP contribution is 2.70. The smallest absolute Gasteiger partial charge is 0.258 e. The molecule has 2 unspecified atom stereocenters. The van der Waals surface area contributed by atoms with Crippen molar-refractivity contribution < 1.29 is 4.79 Å². The summed E-state index contributed by atoms with van der Waals surface area (Å²) in [4.78, 5) is 26.6. The zero-order chi connectivity index (χ0) is 24.6. The number of anilines is 1. The van der Waals surface area contributed by atoms with Gasteiger partial charge in [-0.05, 0) is 91.9 Å². The monoisotopic (exact) mass is 472 g/mol. The Morgan fingerprint density at radius 1 is 1.09 bits per heavy atom. The summed E-state index contributed by atoms with van der Waals surface area (Å²) in [6, 6.07) is 9.55. The van der Waals surface area contributed by atoms with Crippen LogP contribution in [0.1, 0.15) is 70.2 Å². The van der Waals surface area contributed by atoms with Crippen molar-refractivity contribution in [3.63, 3.8) is 0 Å². The Morgan fingerprint density at radius 3 is 2.49 bits per heavy atom. The number of rotatable bonds is 5. The molecule has 1 amide bonds. The van der Waals surface area contributed by atoms with Crippen LogP contribution in [0.3, 0.4) is 0 Å². The van der Waals surface area contributed by atoms with Gasteiger partial charge in [0.15, 0.2) is 0 Å². The molecule has 3 aromatic rings. The van der Waals surface area contributed by atoms with Gasteiger partial charge in [-0.3, -0.25) is 14.3 Å². The second-order valence-corrected chi connectivity index (χ2v) is 12.8. The van der Waals surface area contributed by atoms with Gasteiger partial charge in [-0.2, -0.15) is 5.10 Å². The molecule has 4 aliphatic carbocycles. The third-order valence-electron chi connectivity index (χ3n) is 9.07. The topological polar surface area (TPSA) is 68.9 Å². The zero-order valence-electron chi connectivity index (χ0n) is 21.4. The third kappa shape index (κ3) is 3.91. The number of nitrogens with zero attached hydrogens (tertiary/aromatic N) is 3. The molecule has 1 aromatic carbocycles. The van der Waals surface area contributed by atoms with Crippen LogP contribution in [-0.4, -0.2) is 20.3 Å². The van der Waals surface area contributed by atoms with Gasteiger partial charge >= 0.3 is 0 Å². The lowest BCUT2D eigenvalue weighted by molar-refractivity contribution is -0.153. The molecule has 6 nitrogen and oxygen atoms in total. The van der Waals surface area contributed by atoms with E-state index < -0.39 is 0 Å². The number of aryl methyl sites for hydroxylation is 2. The number of amides is 1. The van der Waals surface area contributed by atoms with E-state index in [2.05, 4.69) is 24.3 Å². The summed E-state index contributed by atoms with van der Waals surface area (Å²) in [5.74, 6) is 0.854. The molecule has 4 saturated carbocycles. The number of benzene rings is 1. The maximum absolute atomic E-state index is 13.4. The molecule has 0 saturated heterocycles. The van der Waals surface area contributed by atoms with Crippen LogP contribution in [0.4, 0.5) is 5.69 Å². The highest BCUT2D eigenvalue weighted by Gasteiger charge is 2.60. The maximum atomic E-state index is 13.4. The number of carbonyl (C=O) groups excluding carboxylic acids is 1. The van der Waals surface area contributed by atoms with Crippen LogP contribution in [0, 0.1) is 29.1 Å². The summed E-state index contributed by atoms with van der Waals surface area (Å²) in [7, 11) is 1.90. The number of hydrogen-bond acceptors (Lipinski definition) is 3. The lowest BCUT2D eigenvalue weighted by Crippen LogP contribution is -2.55. The van der Waals surface area contributed by atoms with Crippen molar-refractivity contribution >= 4 is 22.4 Å². The molecule has 4 bridgehead atoms. The first kappa shape index (κ1) is 22.6. The van der Waals surface area contributed by atoms with E-state index in [0.29, 0.717) is 29.2 Å². The van der Waals surface area contributed by atoms with Crippen molar-refractivity contribution in [2.45, 2.75) is 72.3 Å². The fraction of sp³-hybridized carbons (Fsp3) is 0.552. The van der Waals surface area contributed by atoms with Crippen molar-refractivity contribution in [1.29, 1.82) is 0 Å². The fourth-order valence-corrected chi connectivity index (χ4v) is 8.85. The summed E-state index contributed by atoms with van der Waals surface area (Å²) >= 11 is 0. The zero-order valence-corrected chi connectivity index (χ0v) is 21.4. The van der Waals surface area contributed by atoms with Gasteiger partial charge in [0.05, 0.1) is 12.2 Å². The molecule has 184 valence electrons. The van der Waals surface area contributed by atoms with Gasteiger partial charge in [-0.1, -0.05) is 19.9 Å². The summed E-state index contributed by atoms with van der Waals surface area (Å²) < 4.78 is 3.51. The van der Waals surface area contributed by atoms with Gasteiger partial charge in [-0.25, -0.2) is 0 Å². The van der Waals surface area contributed by atoms with Crippen molar-refractivity contribution in [1.82, 2.24) is 14.3 Å². The van der Waals surface area contributed by atoms with Crippen LogP contribution in [0.5, 0.6) is 0 Å². The first-order valence-electron chi connectivity index (χ1n) is 13.0. The molecule has 1 N–H and O–H groups in total. The molecule has 4 aliphatic rings. The SMILES string of the molecule is Cc1cc(Cn2ccc3c(NC(=O)CC45CC6CC(C)(CC(C)(C6)C4)C5)cccc3c2=O)nn1C. The summed E-state index contributed by atoms with van der Waals surface area (Å²) in [5.41, 5.74) is 3.49. The number of nitrogens with one attached hydrogen (secondary N) is 1. The molecule has 2 atom stereocenters. The van der Waals surface area contributed by atoms with Crippen molar-refractivity contribution in [2.75, 3.05) is 5.32 Å². The quantitative estimate of drug-likeness (QED) is 0.539. The highest BCUT2D eigenvalue weighted by molar-refractivity contribution is 6.02. The average Bonchev–Trinajstić information content (AvgIpc) is 3.04. The van der Waals surface area contributed by atoms with E-state index in [-0.39, 0.29) is 16.9 Å². The van der Waals surface area contributed by atoms with E-state index in [1.165, 1.54) is 38.5 Å². The van der Waals surface area contributed by atoms with Crippen LogP contribution < -0.4 is 10.9 Å². The Bertz CT molecular complexity index is 1360. The van der Waals surface area contributed by atoms with Gasteiger partial charge in [0.1, 0.15) is 0 Å². The normalized spacial score (nSPS) is 31.3. The summed E-state index contributed by atoms with van der Waals surface area (Å²) in [6.07, 6.45) is 9.91. The average molecular weight is 473 g/mol. The van der Waals surface area contributed by atoms with E-state index in [0.717, 1.165) is 28.4 Å². The van der Waals surface area contributed by atoms with E-state index >= 15 is 0 Å². The maximum Gasteiger partial charge on any atom is 0.258 e. The standard InChI is InChI=1S/C29H36N4O2/c1-19-10-21(31-32(19)4)15-33-9-8-22-23(26(33)35)6-5-7-24(22)30-25(34)14-29-13-20-11-27(2,17-29)16-28(3,12-20)18-29/h5-10,20H,11-18H2,1-4H3,(H,30,34). The first-order valence-corrected chi connectivity index (χ1v) is 13.0. The second-order valence-electron chi connectivity index (χ2n) is 12.8. The minimum atomic E-state index is -0.0659. The number of aromatic nitrogens is 3. The van der Waals surface area contributed by atoms with Crippen LogP contribution in [0.15, 0.2) is 41.3 Å². The van der Waals surface area contributed by atoms with Gasteiger partial charge < -0.3 is 9.88 Å². The predicted octanol–water partition coefficient (Wildman–Crippen LogP) is 5.42. The van der Waals surface area contributed by atoms with Crippen LogP contribution in [0.25, 0.3) is 10.8 Å². The minimum Gasteiger partial charge on any atom is -0.325 e. The second kappa shape index (κ2) is 7.55.